The van der Waals surface area contributed by atoms with Gasteiger partial charge in [-0.25, -0.2) is 0 Å². The summed E-state index contributed by atoms with van der Waals surface area (Å²) in [5.74, 6) is 0.177. The molecule has 17 heavy (non-hydrogen) atoms. The van der Waals surface area contributed by atoms with Gasteiger partial charge in [0.15, 0.2) is 0 Å². The van der Waals surface area contributed by atoms with Crippen molar-refractivity contribution >= 4 is 5.91 Å². The molecule has 0 radical (unpaired) electrons. The smallest absolute Gasteiger partial charge is 0.221 e. The van der Waals surface area contributed by atoms with E-state index in [9.17, 15) is 4.79 Å². The summed E-state index contributed by atoms with van der Waals surface area (Å²) in [5, 5.41) is 6.45. The van der Waals surface area contributed by atoms with Gasteiger partial charge in [0.2, 0.25) is 5.91 Å². The molecule has 100 valence electrons. The standard InChI is InChI=1S/C13H27N3O/c1-13(2,3)14-8-5-12(17)15-11-6-9-16(4)10-7-11/h11,14H,5-10H2,1-4H3,(H,15,17). The minimum atomic E-state index is 0.0911. The van der Waals surface area contributed by atoms with Crippen molar-refractivity contribution in [2.75, 3.05) is 26.7 Å². The lowest BCUT2D eigenvalue weighted by molar-refractivity contribution is -0.122. The number of carbonyl (C=O) groups is 1. The average Bonchev–Trinajstić information content (AvgIpc) is 2.19. The second kappa shape index (κ2) is 6.36. The molecule has 1 fully saturated rings. The highest BCUT2D eigenvalue weighted by atomic mass is 16.1. The molecule has 0 aromatic rings. The molecule has 1 saturated heterocycles. The SMILES string of the molecule is CN1CCC(NC(=O)CCNC(C)(C)C)CC1. The summed E-state index contributed by atoms with van der Waals surface area (Å²) in [7, 11) is 2.13. The van der Waals surface area contributed by atoms with Crippen molar-refractivity contribution in [3.8, 4) is 0 Å². The van der Waals surface area contributed by atoms with E-state index in [1.165, 1.54) is 0 Å². The highest BCUT2D eigenvalue weighted by Crippen LogP contribution is 2.08. The van der Waals surface area contributed by atoms with Crippen LogP contribution >= 0.6 is 0 Å². The van der Waals surface area contributed by atoms with Crippen LogP contribution in [0.1, 0.15) is 40.0 Å². The lowest BCUT2D eigenvalue weighted by atomic mass is 10.1. The Bertz CT molecular complexity index is 240. The van der Waals surface area contributed by atoms with Crippen LogP contribution in [0.15, 0.2) is 0 Å². The number of amides is 1. The van der Waals surface area contributed by atoms with E-state index in [-0.39, 0.29) is 11.4 Å². The maximum atomic E-state index is 11.7. The maximum Gasteiger partial charge on any atom is 0.221 e. The van der Waals surface area contributed by atoms with Crippen LogP contribution in [0.25, 0.3) is 0 Å². The van der Waals surface area contributed by atoms with Gasteiger partial charge in [0.1, 0.15) is 0 Å². The van der Waals surface area contributed by atoms with Crippen LogP contribution in [0.3, 0.4) is 0 Å². The molecule has 1 aliphatic rings. The van der Waals surface area contributed by atoms with Crippen molar-refractivity contribution in [2.45, 2.75) is 51.6 Å². The maximum absolute atomic E-state index is 11.7. The first-order valence-corrected chi connectivity index (χ1v) is 6.60. The Morgan fingerprint density at radius 2 is 1.88 bits per heavy atom. The molecule has 0 spiro atoms. The van der Waals surface area contributed by atoms with Crippen molar-refractivity contribution in [2.24, 2.45) is 0 Å². The van der Waals surface area contributed by atoms with Gasteiger partial charge < -0.3 is 15.5 Å². The fourth-order valence-electron chi connectivity index (χ4n) is 2.00. The van der Waals surface area contributed by atoms with Gasteiger partial charge in [-0.05, 0) is 53.8 Å². The van der Waals surface area contributed by atoms with E-state index in [2.05, 4.69) is 43.4 Å². The summed E-state index contributed by atoms with van der Waals surface area (Å²) >= 11 is 0. The van der Waals surface area contributed by atoms with Gasteiger partial charge in [0.05, 0.1) is 0 Å². The Morgan fingerprint density at radius 1 is 1.29 bits per heavy atom. The Kier molecular flexibility index (Phi) is 5.40. The summed E-state index contributed by atoms with van der Waals surface area (Å²) in [5.41, 5.74) is 0.0911. The van der Waals surface area contributed by atoms with Crippen molar-refractivity contribution in [1.82, 2.24) is 15.5 Å². The summed E-state index contributed by atoms with van der Waals surface area (Å²) in [6, 6.07) is 0.383. The zero-order valence-electron chi connectivity index (χ0n) is 11.7. The topological polar surface area (TPSA) is 44.4 Å². The van der Waals surface area contributed by atoms with E-state index >= 15 is 0 Å². The molecule has 1 rings (SSSR count). The molecule has 0 bridgehead atoms. The van der Waals surface area contributed by atoms with Gasteiger partial charge in [-0.2, -0.15) is 0 Å². The zero-order valence-corrected chi connectivity index (χ0v) is 11.7. The summed E-state index contributed by atoms with van der Waals surface area (Å²) in [6.45, 7) is 9.27. The van der Waals surface area contributed by atoms with Crippen molar-refractivity contribution in [3.05, 3.63) is 0 Å². The summed E-state index contributed by atoms with van der Waals surface area (Å²) in [6.07, 6.45) is 2.73. The van der Waals surface area contributed by atoms with Gasteiger partial charge in [-0.1, -0.05) is 0 Å². The molecule has 0 aliphatic carbocycles. The van der Waals surface area contributed by atoms with Gasteiger partial charge in [0, 0.05) is 24.5 Å². The Morgan fingerprint density at radius 3 is 2.41 bits per heavy atom. The van der Waals surface area contributed by atoms with E-state index in [0.717, 1.165) is 32.5 Å². The Labute approximate surface area is 105 Å². The van der Waals surface area contributed by atoms with E-state index in [0.29, 0.717) is 12.5 Å². The molecule has 0 atom stereocenters. The number of hydrogen-bond acceptors (Lipinski definition) is 3. The number of hydrogen-bond donors (Lipinski definition) is 2. The molecule has 0 aromatic carbocycles. The molecule has 4 nitrogen and oxygen atoms in total. The van der Waals surface area contributed by atoms with Gasteiger partial charge in [0.25, 0.3) is 0 Å². The molecule has 0 saturated carbocycles. The highest BCUT2D eigenvalue weighted by molar-refractivity contribution is 5.76. The minimum Gasteiger partial charge on any atom is -0.353 e. The first-order chi connectivity index (χ1) is 7.87. The lowest BCUT2D eigenvalue weighted by Crippen LogP contribution is -2.44. The second-order valence-corrected chi connectivity index (χ2v) is 6.07. The summed E-state index contributed by atoms with van der Waals surface area (Å²) < 4.78 is 0. The zero-order chi connectivity index (χ0) is 12.9. The fraction of sp³-hybridized carbons (Fsp3) is 0.923. The molecule has 0 unspecified atom stereocenters. The van der Waals surface area contributed by atoms with Crippen LogP contribution < -0.4 is 10.6 Å². The third-order valence-corrected chi connectivity index (χ3v) is 3.09. The monoisotopic (exact) mass is 241 g/mol. The van der Waals surface area contributed by atoms with E-state index < -0.39 is 0 Å². The first kappa shape index (κ1) is 14.5. The van der Waals surface area contributed by atoms with Gasteiger partial charge in [-0.3, -0.25) is 4.79 Å². The molecule has 1 aliphatic heterocycles. The summed E-state index contributed by atoms with van der Waals surface area (Å²) in [4.78, 5) is 14.0. The number of likely N-dealkylation sites (tertiary alicyclic amines) is 1. The largest absolute Gasteiger partial charge is 0.353 e. The normalized spacial score (nSPS) is 19.3. The highest BCUT2D eigenvalue weighted by Gasteiger charge is 2.18. The van der Waals surface area contributed by atoms with Crippen LogP contribution in [0, 0.1) is 0 Å². The molecule has 0 aromatic heterocycles. The third kappa shape index (κ3) is 6.64. The predicted octanol–water partition coefficient (Wildman–Crippen LogP) is 0.975. The van der Waals surface area contributed by atoms with Crippen molar-refractivity contribution in [3.63, 3.8) is 0 Å². The molecule has 2 N–H and O–H groups in total. The molecule has 1 amide bonds. The van der Waals surface area contributed by atoms with E-state index in [1.54, 1.807) is 0 Å². The van der Waals surface area contributed by atoms with Gasteiger partial charge in [-0.15, -0.1) is 0 Å². The quantitative estimate of drug-likeness (QED) is 0.771. The number of nitrogens with zero attached hydrogens (tertiary/aromatic N) is 1. The number of nitrogens with one attached hydrogen (secondary N) is 2. The molecule has 1 heterocycles. The average molecular weight is 241 g/mol. The second-order valence-electron chi connectivity index (χ2n) is 6.07. The molecular weight excluding hydrogens is 214 g/mol. The Balaban J connectivity index is 2.13. The van der Waals surface area contributed by atoms with Crippen molar-refractivity contribution in [1.29, 1.82) is 0 Å². The van der Waals surface area contributed by atoms with Gasteiger partial charge >= 0.3 is 0 Å². The van der Waals surface area contributed by atoms with Crippen molar-refractivity contribution < 1.29 is 4.79 Å². The predicted molar refractivity (Wildman–Crippen MR) is 71.0 cm³/mol. The van der Waals surface area contributed by atoms with Crippen LogP contribution in [0.5, 0.6) is 0 Å². The lowest BCUT2D eigenvalue weighted by Gasteiger charge is -2.29. The van der Waals surface area contributed by atoms with E-state index in [4.69, 9.17) is 0 Å². The molecular formula is C13H27N3O. The van der Waals surface area contributed by atoms with Crippen LogP contribution in [0.4, 0.5) is 0 Å². The van der Waals surface area contributed by atoms with Crippen LogP contribution in [-0.4, -0.2) is 49.1 Å². The third-order valence-electron chi connectivity index (χ3n) is 3.09. The number of piperidine rings is 1. The molecule has 4 heteroatoms. The van der Waals surface area contributed by atoms with Crippen LogP contribution in [0.2, 0.25) is 0 Å². The number of rotatable bonds is 4. The fourth-order valence-corrected chi connectivity index (χ4v) is 2.00. The minimum absolute atomic E-state index is 0.0911. The Hall–Kier alpha value is -0.610. The number of carbonyl (C=O) groups excluding carboxylic acids is 1. The first-order valence-electron chi connectivity index (χ1n) is 6.60. The van der Waals surface area contributed by atoms with E-state index in [1.807, 2.05) is 0 Å². The van der Waals surface area contributed by atoms with Crippen LogP contribution in [-0.2, 0) is 4.79 Å².